The second-order valence-corrected chi connectivity index (χ2v) is 4.51. The molecule has 0 unspecified atom stereocenters. The Morgan fingerprint density at radius 2 is 1.85 bits per heavy atom. The zero-order chi connectivity index (χ0) is 14.2. The summed E-state index contributed by atoms with van der Waals surface area (Å²) in [5.74, 6) is 0. The molecule has 0 aliphatic rings. The molecule has 0 N–H and O–H groups in total. The predicted molar refractivity (Wildman–Crippen MR) is 84.7 cm³/mol. The van der Waals surface area contributed by atoms with Gasteiger partial charge in [0.15, 0.2) is 0 Å². The molecule has 0 fully saturated rings. The first-order valence-electron chi connectivity index (χ1n) is 6.78. The fourth-order valence-electron chi connectivity index (χ4n) is 1.94. The van der Waals surface area contributed by atoms with E-state index in [0.29, 0.717) is 6.61 Å². The highest BCUT2D eigenvalue weighted by Crippen LogP contribution is 2.08. The molecule has 102 valence electrons. The Hall–Kier alpha value is -2.35. The molecular weight excluding hydrogens is 246 g/mol. The van der Waals surface area contributed by atoms with Crippen molar-refractivity contribution in [3.8, 4) is 0 Å². The van der Waals surface area contributed by atoms with Gasteiger partial charge >= 0.3 is 0 Å². The van der Waals surface area contributed by atoms with Crippen LogP contribution in [0.25, 0.3) is 6.08 Å². The lowest BCUT2D eigenvalue weighted by Crippen LogP contribution is -1.92. The lowest BCUT2D eigenvalue weighted by Gasteiger charge is -2.02. The average molecular weight is 265 g/mol. The largest absolute Gasteiger partial charge is 0.391 e. The Bertz CT molecular complexity index is 585. The van der Waals surface area contributed by atoms with Crippen LogP contribution in [0.2, 0.25) is 0 Å². The second kappa shape index (κ2) is 7.29. The van der Waals surface area contributed by atoms with Gasteiger partial charge in [-0.15, -0.1) is 0 Å². The SMILES string of the molecule is C=Cc1ccc(CON=Cc2ccccc2CC)cc1. The molecule has 2 aromatic carbocycles. The van der Waals surface area contributed by atoms with Crippen LogP contribution in [0.15, 0.2) is 60.3 Å². The Balaban J connectivity index is 1.91. The molecule has 0 spiro atoms. The monoisotopic (exact) mass is 265 g/mol. The molecule has 2 rings (SSSR count). The maximum absolute atomic E-state index is 5.34. The van der Waals surface area contributed by atoms with Crippen molar-refractivity contribution < 1.29 is 4.84 Å². The first kappa shape index (κ1) is 14.1. The Morgan fingerprint density at radius 1 is 1.10 bits per heavy atom. The zero-order valence-electron chi connectivity index (χ0n) is 11.8. The number of hydrogen-bond donors (Lipinski definition) is 0. The summed E-state index contributed by atoms with van der Waals surface area (Å²) in [6.07, 6.45) is 4.59. The minimum Gasteiger partial charge on any atom is -0.391 e. The highest BCUT2D eigenvalue weighted by molar-refractivity contribution is 5.81. The van der Waals surface area contributed by atoms with Gasteiger partial charge in [-0.1, -0.05) is 73.3 Å². The molecule has 2 aromatic rings. The Morgan fingerprint density at radius 3 is 2.55 bits per heavy atom. The molecule has 0 heterocycles. The van der Waals surface area contributed by atoms with Crippen molar-refractivity contribution in [2.45, 2.75) is 20.0 Å². The zero-order valence-corrected chi connectivity index (χ0v) is 11.8. The summed E-state index contributed by atoms with van der Waals surface area (Å²) >= 11 is 0. The van der Waals surface area contributed by atoms with Crippen molar-refractivity contribution in [2.24, 2.45) is 5.16 Å². The molecule has 0 radical (unpaired) electrons. The molecule has 0 aliphatic heterocycles. The van der Waals surface area contributed by atoms with E-state index < -0.39 is 0 Å². The van der Waals surface area contributed by atoms with E-state index in [-0.39, 0.29) is 0 Å². The molecule has 0 bridgehead atoms. The molecule has 2 heteroatoms. The Kier molecular flexibility index (Phi) is 5.13. The number of rotatable bonds is 6. The summed E-state index contributed by atoms with van der Waals surface area (Å²) in [6.45, 7) is 6.34. The van der Waals surface area contributed by atoms with Crippen molar-refractivity contribution in [3.63, 3.8) is 0 Å². The predicted octanol–water partition coefficient (Wildman–Crippen LogP) is 4.44. The lowest BCUT2D eigenvalue weighted by molar-refractivity contribution is 0.132. The van der Waals surface area contributed by atoms with Gasteiger partial charge in [0.2, 0.25) is 0 Å². The van der Waals surface area contributed by atoms with Crippen molar-refractivity contribution >= 4 is 12.3 Å². The van der Waals surface area contributed by atoms with Gasteiger partial charge < -0.3 is 4.84 Å². The van der Waals surface area contributed by atoms with E-state index in [9.17, 15) is 0 Å². The van der Waals surface area contributed by atoms with E-state index in [0.717, 1.165) is 23.1 Å². The highest BCUT2D eigenvalue weighted by atomic mass is 16.6. The van der Waals surface area contributed by atoms with Crippen LogP contribution >= 0.6 is 0 Å². The van der Waals surface area contributed by atoms with Crippen LogP contribution in [0.5, 0.6) is 0 Å². The van der Waals surface area contributed by atoms with Gasteiger partial charge in [0.05, 0.1) is 6.21 Å². The van der Waals surface area contributed by atoms with Gasteiger partial charge in [0, 0.05) is 0 Å². The van der Waals surface area contributed by atoms with E-state index >= 15 is 0 Å². The van der Waals surface area contributed by atoms with Crippen LogP contribution in [0, 0.1) is 0 Å². The van der Waals surface area contributed by atoms with Crippen molar-refractivity contribution in [2.75, 3.05) is 0 Å². The number of oxime groups is 1. The third kappa shape index (κ3) is 3.82. The minimum atomic E-state index is 0.474. The number of nitrogens with zero attached hydrogens (tertiary/aromatic N) is 1. The smallest absolute Gasteiger partial charge is 0.142 e. The third-order valence-corrected chi connectivity index (χ3v) is 3.15. The summed E-state index contributed by atoms with van der Waals surface area (Å²) in [5, 5.41) is 4.04. The maximum atomic E-state index is 5.34. The quantitative estimate of drug-likeness (QED) is 0.559. The van der Waals surface area contributed by atoms with Crippen LogP contribution in [0.1, 0.15) is 29.2 Å². The Labute approximate surface area is 120 Å². The van der Waals surface area contributed by atoms with Crippen LogP contribution in [-0.2, 0) is 17.9 Å². The molecule has 0 aromatic heterocycles. The first-order chi connectivity index (χ1) is 9.83. The third-order valence-electron chi connectivity index (χ3n) is 3.15. The van der Waals surface area contributed by atoms with Gasteiger partial charge in [-0.2, -0.15) is 0 Å². The minimum absolute atomic E-state index is 0.474. The number of hydrogen-bond acceptors (Lipinski definition) is 2. The van der Waals surface area contributed by atoms with Crippen molar-refractivity contribution in [3.05, 3.63) is 77.4 Å². The van der Waals surface area contributed by atoms with E-state index in [4.69, 9.17) is 4.84 Å². The topological polar surface area (TPSA) is 21.6 Å². The number of aryl methyl sites for hydroxylation is 1. The summed E-state index contributed by atoms with van der Waals surface area (Å²) < 4.78 is 0. The van der Waals surface area contributed by atoms with Crippen LogP contribution in [0.3, 0.4) is 0 Å². The van der Waals surface area contributed by atoms with E-state index in [1.54, 1.807) is 6.21 Å². The normalized spacial score (nSPS) is 10.7. The van der Waals surface area contributed by atoms with Gasteiger partial charge in [-0.3, -0.25) is 0 Å². The molecule has 0 amide bonds. The second-order valence-electron chi connectivity index (χ2n) is 4.51. The highest BCUT2D eigenvalue weighted by Gasteiger charge is 1.96. The summed E-state index contributed by atoms with van der Waals surface area (Å²) in [6, 6.07) is 16.3. The summed E-state index contributed by atoms with van der Waals surface area (Å²) in [7, 11) is 0. The van der Waals surface area contributed by atoms with E-state index in [1.807, 2.05) is 48.5 Å². The van der Waals surface area contributed by atoms with Crippen LogP contribution in [0.4, 0.5) is 0 Å². The van der Waals surface area contributed by atoms with Gasteiger partial charge in [-0.25, -0.2) is 0 Å². The number of benzene rings is 2. The molecule has 20 heavy (non-hydrogen) atoms. The fraction of sp³-hybridized carbons (Fsp3) is 0.167. The molecule has 2 nitrogen and oxygen atoms in total. The van der Waals surface area contributed by atoms with Crippen molar-refractivity contribution in [1.29, 1.82) is 0 Å². The fourth-order valence-corrected chi connectivity index (χ4v) is 1.94. The molecule has 0 saturated heterocycles. The standard InChI is InChI=1S/C18H19NO/c1-3-15-9-11-16(12-10-15)14-20-19-13-18-8-6-5-7-17(18)4-2/h3,5-13H,1,4,14H2,2H3. The van der Waals surface area contributed by atoms with E-state index in [1.165, 1.54) is 5.56 Å². The molecule has 0 atom stereocenters. The summed E-state index contributed by atoms with van der Waals surface area (Å²) in [5.41, 5.74) is 4.58. The molecule has 0 saturated carbocycles. The maximum Gasteiger partial charge on any atom is 0.142 e. The molecule has 0 aliphatic carbocycles. The van der Waals surface area contributed by atoms with Crippen LogP contribution < -0.4 is 0 Å². The van der Waals surface area contributed by atoms with Gasteiger partial charge in [0.25, 0.3) is 0 Å². The van der Waals surface area contributed by atoms with Gasteiger partial charge in [-0.05, 0) is 28.7 Å². The molecular formula is C18H19NO. The van der Waals surface area contributed by atoms with E-state index in [2.05, 4.69) is 24.7 Å². The van der Waals surface area contributed by atoms with Gasteiger partial charge in [0.1, 0.15) is 6.61 Å². The van der Waals surface area contributed by atoms with Crippen molar-refractivity contribution in [1.82, 2.24) is 0 Å². The average Bonchev–Trinajstić information content (AvgIpc) is 2.52. The first-order valence-corrected chi connectivity index (χ1v) is 6.78. The van der Waals surface area contributed by atoms with Crippen LogP contribution in [-0.4, -0.2) is 6.21 Å². The summed E-state index contributed by atoms with van der Waals surface area (Å²) in [4.78, 5) is 5.34. The lowest BCUT2D eigenvalue weighted by atomic mass is 10.1.